The molecule has 1 saturated carbocycles. The van der Waals surface area contributed by atoms with E-state index in [0.29, 0.717) is 6.04 Å². The highest BCUT2D eigenvalue weighted by molar-refractivity contribution is 6.33. The molecule has 3 rings (SSSR count). The van der Waals surface area contributed by atoms with Crippen molar-refractivity contribution in [1.82, 2.24) is 4.90 Å². The largest absolute Gasteiger partial charge is 0.368 e. The summed E-state index contributed by atoms with van der Waals surface area (Å²) >= 11 is 6.29. The molecule has 1 aromatic carbocycles. The van der Waals surface area contributed by atoms with Gasteiger partial charge in [-0.05, 0) is 25.0 Å². The molecule has 1 aliphatic heterocycles. The third-order valence-electron chi connectivity index (χ3n) is 4.87. The summed E-state index contributed by atoms with van der Waals surface area (Å²) in [6.45, 7) is 4.07. The van der Waals surface area contributed by atoms with Gasteiger partial charge in [0.05, 0.1) is 22.7 Å². The van der Waals surface area contributed by atoms with Crippen LogP contribution in [0.25, 0.3) is 0 Å². The van der Waals surface area contributed by atoms with E-state index in [2.05, 4.69) is 21.9 Å². The van der Waals surface area contributed by atoms with E-state index in [1.807, 2.05) is 18.2 Å². The van der Waals surface area contributed by atoms with Gasteiger partial charge in [-0.2, -0.15) is 5.26 Å². The van der Waals surface area contributed by atoms with Crippen LogP contribution in [0.4, 0.5) is 5.69 Å². The summed E-state index contributed by atoms with van der Waals surface area (Å²) in [7, 11) is 0. The van der Waals surface area contributed by atoms with Crippen molar-refractivity contribution in [2.75, 3.05) is 31.1 Å². The fourth-order valence-corrected chi connectivity index (χ4v) is 3.96. The van der Waals surface area contributed by atoms with E-state index in [4.69, 9.17) is 11.6 Å². The quantitative estimate of drug-likeness (QED) is 0.837. The van der Waals surface area contributed by atoms with Gasteiger partial charge in [0.2, 0.25) is 0 Å². The van der Waals surface area contributed by atoms with Gasteiger partial charge in [0.1, 0.15) is 0 Å². The Morgan fingerprint density at radius 1 is 1.05 bits per heavy atom. The Hall–Kier alpha value is -1.24. The van der Waals surface area contributed by atoms with Crippen LogP contribution in [0.5, 0.6) is 0 Å². The number of nitriles is 1. The van der Waals surface area contributed by atoms with Crippen molar-refractivity contribution in [1.29, 1.82) is 5.26 Å². The van der Waals surface area contributed by atoms with Crippen molar-refractivity contribution in [2.24, 2.45) is 5.92 Å². The van der Waals surface area contributed by atoms with E-state index in [9.17, 15) is 5.26 Å². The van der Waals surface area contributed by atoms with Crippen LogP contribution in [0, 0.1) is 17.2 Å². The van der Waals surface area contributed by atoms with Crippen LogP contribution >= 0.6 is 11.6 Å². The molecule has 0 radical (unpaired) electrons. The Balaban J connectivity index is 1.63. The molecular weight excluding hydrogens is 282 g/mol. The molecule has 4 heteroatoms. The number of rotatable bonds is 2. The summed E-state index contributed by atoms with van der Waals surface area (Å²) in [5, 5.41) is 10.2. The Morgan fingerprint density at radius 2 is 1.76 bits per heavy atom. The second-order valence-electron chi connectivity index (χ2n) is 6.06. The molecule has 0 amide bonds. The Morgan fingerprint density at radius 3 is 2.48 bits per heavy atom. The maximum Gasteiger partial charge on any atom is 0.0672 e. The Kier molecular flexibility index (Phi) is 4.67. The van der Waals surface area contributed by atoms with E-state index < -0.39 is 0 Å². The maximum atomic E-state index is 9.35. The predicted molar refractivity (Wildman–Crippen MR) is 86.6 cm³/mol. The predicted octanol–water partition coefficient (Wildman–Crippen LogP) is 3.54. The minimum atomic E-state index is 0.227. The molecule has 112 valence electrons. The zero-order valence-electron chi connectivity index (χ0n) is 12.3. The van der Waals surface area contributed by atoms with Crippen molar-refractivity contribution in [3.63, 3.8) is 0 Å². The van der Waals surface area contributed by atoms with Crippen molar-refractivity contribution in [3.05, 3.63) is 29.3 Å². The molecule has 0 spiro atoms. The first-order chi connectivity index (χ1) is 10.3. The zero-order valence-corrected chi connectivity index (χ0v) is 13.1. The lowest BCUT2D eigenvalue weighted by atomic mass is 9.84. The first kappa shape index (κ1) is 14.7. The fraction of sp³-hybridized carbons (Fsp3) is 0.588. The average Bonchev–Trinajstić information content (AvgIpc) is 2.55. The number of para-hydroxylation sites is 1. The number of hydrogen-bond acceptors (Lipinski definition) is 3. The number of halogens is 1. The molecule has 3 nitrogen and oxygen atoms in total. The van der Waals surface area contributed by atoms with Gasteiger partial charge in [-0.3, -0.25) is 4.90 Å². The number of benzene rings is 1. The van der Waals surface area contributed by atoms with E-state index in [1.165, 1.54) is 19.3 Å². The Bertz CT molecular complexity index is 517. The SMILES string of the molecule is N#CC1CCCCC1N1CCN(c2ccccc2Cl)CC1. The van der Waals surface area contributed by atoms with Gasteiger partial charge in [0.25, 0.3) is 0 Å². The highest BCUT2D eigenvalue weighted by Crippen LogP contribution is 2.31. The molecule has 2 fully saturated rings. The summed E-state index contributed by atoms with van der Waals surface area (Å²) in [5.41, 5.74) is 1.14. The first-order valence-corrected chi connectivity index (χ1v) is 8.30. The van der Waals surface area contributed by atoms with Crippen molar-refractivity contribution < 1.29 is 0 Å². The van der Waals surface area contributed by atoms with Gasteiger partial charge in [-0.25, -0.2) is 0 Å². The number of hydrogen-bond donors (Lipinski definition) is 0. The topological polar surface area (TPSA) is 30.3 Å². The summed E-state index contributed by atoms with van der Waals surface area (Å²) in [6.07, 6.45) is 4.75. The van der Waals surface area contributed by atoms with Gasteiger partial charge in [0, 0.05) is 32.2 Å². The van der Waals surface area contributed by atoms with Gasteiger partial charge in [-0.15, -0.1) is 0 Å². The van der Waals surface area contributed by atoms with E-state index in [-0.39, 0.29) is 5.92 Å². The van der Waals surface area contributed by atoms with Crippen LogP contribution in [0.15, 0.2) is 24.3 Å². The number of anilines is 1. The van der Waals surface area contributed by atoms with Gasteiger partial charge >= 0.3 is 0 Å². The first-order valence-electron chi connectivity index (χ1n) is 7.93. The van der Waals surface area contributed by atoms with Gasteiger partial charge in [0.15, 0.2) is 0 Å². The zero-order chi connectivity index (χ0) is 14.7. The summed E-state index contributed by atoms with van der Waals surface area (Å²) in [4.78, 5) is 4.89. The normalized spacial score (nSPS) is 27.3. The van der Waals surface area contributed by atoms with Crippen LogP contribution in [0.1, 0.15) is 25.7 Å². The second-order valence-corrected chi connectivity index (χ2v) is 6.47. The smallest absolute Gasteiger partial charge is 0.0672 e. The van der Waals surface area contributed by atoms with Crippen LogP contribution in [-0.2, 0) is 0 Å². The number of nitrogens with zero attached hydrogens (tertiary/aromatic N) is 3. The molecule has 1 saturated heterocycles. The molecule has 2 unspecified atom stereocenters. The summed E-state index contributed by atoms with van der Waals surface area (Å²) in [6, 6.07) is 11.1. The molecule has 1 aliphatic carbocycles. The van der Waals surface area contributed by atoms with Crippen LogP contribution < -0.4 is 4.90 Å². The van der Waals surface area contributed by atoms with E-state index >= 15 is 0 Å². The molecule has 0 aromatic heterocycles. The molecule has 0 N–H and O–H groups in total. The minimum Gasteiger partial charge on any atom is -0.368 e. The molecule has 1 aromatic rings. The summed E-state index contributed by atoms with van der Waals surface area (Å²) in [5.74, 6) is 0.227. The van der Waals surface area contributed by atoms with Crippen LogP contribution in [-0.4, -0.2) is 37.1 Å². The third kappa shape index (κ3) is 3.17. The van der Waals surface area contributed by atoms with Crippen molar-refractivity contribution in [2.45, 2.75) is 31.7 Å². The van der Waals surface area contributed by atoms with E-state index in [1.54, 1.807) is 0 Å². The standard InChI is InChI=1S/C17H22ClN3/c18-15-6-2-4-8-17(15)21-11-9-20(10-12-21)16-7-3-1-5-14(16)13-19/h2,4,6,8,14,16H,1,3,5,7,9-12H2. The Labute approximate surface area is 132 Å². The van der Waals surface area contributed by atoms with Crippen molar-refractivity contribution >= 4 is 17.3 Å². The second kappa shape index (κ2) is 6.68. The highest BCUT2D eigenvalue weighted by atomic mass is 35.5. The lowest BCUT2D eigenvalue weighted by molar-refractivity contribution is 0.120. The lowest BCUT2D eigenvalue weighted by Crippen LogP contribution is -2.53. The molecule has 2 atom stereocenters. The average molecular weight is 304 g/mol. The van der Waals surface area contributed by atoms with Crippen LogP contribution in [0.2, 0.25) is 5.02 Å². The molecule has 2 aliphatic rings. The fourth-order valence-electron chi connectivity index (χ4n) is 3.70. The van der Waals surface area contributed by atoms with Crippen molar-refractivity contribution in [3.8, 4) is 6.07 Å². The molecule has 21 heavy (non-hydrogen) atoms. The maximum absolute atomic E-state index is 9.35. The molecule has 0 bridgehead atoms. The molecular formula is C17H22ClN3. The minimum absolute atomic E-state index is 0.227. The van der Waals surface area contributed by atoms with Gasteiger partial charge in [-0.1, -0.05) is 36.6 Å². The van der Waals surface area contributed by atoms with Crippen LogP contribution in [0.3, 0.4) is 0 Å². The third-order valence-corrected chi connectivity index (χ3v) is 5.19. The highest BCUT2D eigenvalue weighted by Gasteiger charge is 2.32. The monoisotopic (exact) mass is 303 g/mol. The lowest BCUT2D eigenvalue weighted by Gasteiger charge is -2.43. The van der Waals surface area contributed by atoms with Gasteiger partial charge < -0.3 is 4.90 Å². The summed E-state index contributed by atoms with van der Waals surface area (Å²) < 4.78 is 0. The number of piperazine rings is 1. The van der Waals surface area contributed by atoms with E-state index in [0.717, 1.165) is 43.3 Å². The molecule has 1 heterocycles.